The van der Waals surface area contributed by atoms with E-state index in [1.807, 2.05) is 13.0 Å². The topological polar surface area (TPSA) is 93.7 Å². The second-order valence-corrected chi connectivity index (χ2v) is 9.24. The number of halogens is 2. The molecule has 1 amide bonds. The minimum atomic E-state index is -4.01. The zero-order chi connectivity index (χ0) is 23.3. The van der Waals surface area contributed by atoms with Crippen LogP contribution in [-0.2, 0) is 14.8 Å². The first kappa shape index (κ1) is 23.7. The molecule has 0 heterocycles. The number of ether oxygens (including phenoxy) is 2. The zero-order valence-corrected chi connectivity index (χ0v) is 19.5. The van der Waals surface area contributed by atoms with Gasteiger partial charge >= 0.3 is 0 Å². The molecule has 0 fully saturated rings. The highest BCUT2D eigenvalue weighted by molar-refractivity contribution is 7.92. The largest absolute Gasteiger partial charge is 0.493 e. The fourth-order valence-electron chi connectivity index (χ4n) is 2.75. The van der Waals surface area contributed by atoms with Gasteiger partial charge in [-0.3, -0.25) is 9.52 Å². The van der Waals surface area contributed by atoms with Crippen LogP contribution in [0.15, 0.2) is 65.6 Å². The first-order chi connectivity index (χ1) is 15.2. The number of anilines is 2. The molecule has 32 heavy (non-hydrogen) atoms. The monoisotopic (exact) mass is 494 g/mol. The van der Waals surface area contributed by atoms with Crippen LogP contribution in [0.3, 0.4) is 0 Å². The van der Waals surface area contributed by atoms with E-state index in [2.05, 4.69) is 10.0 Å². The lowest BCUT2D eigenvalue weighted by molar-refractivity contribution is -0.118. The van der Waals surface area contributed by atoms with E-state index in [1.54, 1.807) is 24.3 Å². The number of carbonyl (C=O) groups is 1. The Morgan fingerprint density at radius 1 is 0.938 bits per heavy atom. The van der Waals surface area contributed by atoms with Crippen LogP contribution in [0.2, 0.25) is 10.0 Å². The van der Waals surface area contributed by atoms with E-state index in [4.69, 9.17) is 32.7 Å². The molecule has 0 radical (unpaired) electrons. The first-order valence-corrected chi connectivity index (χ1v) is 11.6. The Bertz CT molecular complexity index is 1230. The number of methoxy groups -OCH3 is 1. The van der Waals surface area contributed by atoms with Crippen LogP contribution >= 0.6 is 23.2 Å². The minimum Gasteiger partial charge on any atom is -0.493 e. The second kappa shape index (κ2) is 10.1. The van der Waals surface area contributed by atoms with Crippen molar-refractivity contribution in [2.45, 2.75) is 11.8 Å². The number of hydrogen-bond donors (Lipinski definition) is 2. The normalized spacial score (nSPS) is 11.0. The smallest absolute Gasteiger partial charge is 0.263 e. The average Bonchev–Trinajstić information content (AvgIpc) is 2.75. The van der Waals surface area contributed by atoms with Gasteiger partial charge in [0.1, 0.15) is 4.90 Å². The molecule has 0 bridgehead atoms. The molecule has 0 saturated heterocycles. The third kappa shape index (κ3) is 6.06. The standard InChI is InChI=1S/C22H20Cl2N2O5S/c1-14-3-10-19(20(11-14)30-2)31-13-22(27)25-17-8-9-18(24)21(12-17)32(28,29)26-16-6-4-15(23)5-7-16/h3-12,26H,13H2,1-2H3,(H,25,27). The van der Waals surface area contributed by atoms with E-state index in [9.17, 15) is 13.2 Å². The first-order valence-electron chi connectivity index (χ1n) is 9.33. The van der Waals surface area contributed by atoms with E-state index >= 15 is 0 Å². The number of aryl methyl sites for hydroxylation is 1. The van der Waals surface area contributed by atoms with Crippen LogP contribution in [0.25, 0.3) is 0 Å². The van der Waals surface area contributed by atoms with Crippen molar-refractivity contribution in [1.29, 1.82) is 0 Å². The Labute approximate surface area is 196 Å². The summed E-state index contributed by atoms with van der Waals surface area (Å²) in [4.78, 5) is 12.1. The van der Waals surface area contributed by atoms with Crippen molar-refractivity contribution in [3.8, 4) is 11.5 Å². The van der Waals surface area contributed by atoms with Crippen LogP contribution in [0.5, 0.6) is 11.5 Å². The van der Waals surface area contributed by atoms with E-state index < -0.39 is 15.9 Å². The summed E-state index contributed by atoms with van der Waals surface area (Å²) in [5, 5.41) is 3.08. The predicted molar refractivity (Wildman–Crippen MR) is 126 cm³/mol. The van der Waals surface area contributed by atoms with Crippen molar-refractivity contribution in [2.24, 2.45) is 0 Å². The molecule has 3 rings (SSSR count). The molecule has 168 valence electrons. The highest BCUT2D eigenvalue weighted by Gasteiger charge is 2.19. The fourth-order valence-corrected chi connectivity index (χ4v) is 4.46. The average molecular weight is 495 g/mol. The number of carbonyl (C=O) groups excluding carboxylic acids is 1. The summed E-state index contributed by atoms with van der Waals surface area (Å²) in [6, 6.07) is 15.6. The van der Waals surface area contributed by atoms with E-state index in [0.29, 0.717) is 22.2 Å². The Morgan fingerprint density at radius 3 is 2.31 bits per heavy atom. The quantitative estimate of drug-likeness (QED) is 0.452. The van der Waals surface area contributed by atoms with Gasteiger partial charge in [-0.25, -0.2) is 8.42 Å². The molecular formula is C22H20Cl2N2O5S. The van der Waals surface area contributed by atoms with E-state index in [1.165, 1.54) is 37.4 Å². The summed E-state index contributed by atoms with van der Waals surface area (Å²) < 4.78 is 38.7. The lowest BCUT2D eigenvalue weighted by atomic mass is 10.2. The van der Waals surface area contributed by atoms with Crippen LogP contribution in [0.1, 0.15) is 5.56 Å². The molecule has 7 nitrogen and oxygen atoms in total. The van der Waals surface area contributed by atoms with Crippen molar-refractivity contribution in [1.82, 2.24) is 0 Å². The highest BCUT2D eigenvalue weighted by Crippen LogP contribution is 2.29. The summed E-state index contributed by atoms with van der Waals surface area (Å²) in [5.74, 6) is 0.440. The van der Waals surface area contributed by atoms with E-state index in [0.717, 1.165) is 5.56 Å². The molecule has 0 unspecified atom stereocenters. The molecule has 2 N–H and O–H groups in total. The third-order valence-electron chi connectivity index (χ3n) is 4.28. The molecule has 0 aromatic heterocycles. The third-order valence-corrected chi connectivity index (χ3v) is 6.39. The number of amides is 1. The van der Waals surface area contributed by atoms with Crippen molar-refractivity contribution in [3.05, 3.63) is 76.3 Å². The molecular weight excluding hydrogens is 475 g/mol. The zero-order valence-electron chi connectivity index (χ0n) is 17.2. The molecule has 0 aliphatic heterocycles. The Morgan fingerprint density at radius 2 is 1.62 bits per heavy atom. The minimum absolute atomic E-state index is 0.00473. The molecule has 0 aliphatic carbocycles. The number of nitrogens with one attached hydrogen (secondary N) is 2. The van der Waals surface area contributed by atoms with Crippen molar-refractivity contribution in [3.63, 3.8) is 0 Å². The molecule has 3 aromatic carbocycles. The summed E-state index contributed by atoms with van der Waals surface area (Å²) >= 11 is 11.9. The molecule has 0 atom stereocenters. The summed E-state index contributed by atoms with van der Waals surface area (Å²) in [7, 11) is -2.50. The lowest BCUT2D eigenvalue weighted by Crippen LogP contribution is -2.21. The number of benzene rings is 3. The second-order valence-electron chi connectivity index (χ2n) is 6.75. The lowest BCUT2D eigenvalue weighted by Gasteiger charge is -2.13. The molecule has 0 aliphatic rings. The van der Waals surface area contributed by atoms with Gasteiger partial charge in [0.05, 0.1) is 12.1 Å². The van der Waals surface area contributed by atoms with Gasteiger partial charge in [0.15, 0.2) is 18.1 Å². The van der Waals surface area contributed by atoms with Gasteiger partial charge in [-0.15, -0.1) is 0 Å². The molecule has 0 saturated carbocycles. The summed E-state index contributed by atoms with van der Waals surface area (Å²) in [6.45, 7) is 1.61. The van der Waals surface area contributed by atoms with Gasteiger partial charge in [0.2, 0.25) is 0 Å². The molecule has 3 aromatic rings. The predicted octanol–water partition coefficient (Wildman–Crippen LogP) is 5.13. The molecule has 10 heteroatoms. The van der Waals surface area contributed by atoms with Crippen molar-refractivity contribution < 1.29 is 22.7 Å². The van der Waals surface area contributed by atoms with Crippen molar-refractivity contribution in [2.75, 3.05) is 23.8 Å². The number of rotatable bonds is 8. The van der Waals surface area contributed by atoms with Gasteiger partial charge < -0.3 is 14.8 Å². The van der Waals surface area contributed by atoms with Crippen LogP contribution in [-0.4, -0.2) is 28.0 Å². The SMILES string of the molecule is COc1cc(C)ccc1OCC(=O)Nc1ccc(Cl)c(S(=O)(=O)Nc2ccc(Cl)cc2)c1. The van der Waals surface area contributed by atoms with Crippen LogP contribution in [0, 0.1) is 6.92 Å². The maximum Gasteiger partial charge on any atom is 0.263 e. The van der Waals surface area contributed by atoms with Gasteiger partial charge in [0.25, 0.3) is 15.9 Å². The van der Waals surface area contributed by atoms with Crippen LogP contribution in [0.4, 0.5) is 11.4 Å². The Hall–Kier alpha value is -2.94. The fraction of sp³-hybridized carbons (Fsp3) is 0.136. The maximum absolute atomic E-state index is 12.8. The van der Waals surface area contributed by atoms with Gasteiger partial charge in [-0.05, 0) is 67.1 Å². The van der Waals surface area contributed by atoms with Gasteiger partial charge in [-0.2, -0.15) is 0 Å². The van der Waals surface area contributed by atoms with E-state index in [-0.39, 0.29) is 22.2 Å². The number of sulfonamides is 1. The highest BCUT2D eigenvalue weighted by atomic mass is 35.5. The number of hydrogen-bond acceptors (Lipinski definition) is 5. The molecule has 0 spiro atoms. The maximum atomic E-state index is 12.8. The van der Waals surface area contributed by atoms with Gasteiger partial charge in [-0.1, -0.05) is 29.3 Å². The Balaban J connectivity index is 1.71. The van der Waals surface area contributed by atoms with Crippen molar-refractivity contribution >= 4 is 50.5 Å². The van der Waals surface area contributed by atoms with Gasteiger partial charge in [0, 0.05) is 16.4 Å². The Kier molecular flexibility index (Phi) is 7.50. The summed E-state index contributed by atoms with van der Waals surface area (Å²) in [6.07, 6.45) is 0. The van der Waals surface area contributed by atoms with Crippen LogP contribution < -0.4 is 19.5 Å². The summed E-state index contributed by atoms with van der Waals surface area (Å²) in [5.41, 5.74) is 1.55.